The van der Waals surface area contributed by atoms with Crippen LogP contribution in [-0.4, -0.2) is 5.97 Å². The molecule has 3 heteroatoms. The highest BCUT2D eigenvalue weighted by Crippen LogP contribution is 2.16. The summed E-state index contributed by atoms with van der Waals surface area (Å²) in [5.74, 6) is 0.191. The van der Waals surface area contributed by atoms with Crippen LogP contribution < -0.4 is 4.74 Å². The van der Waals surface area contributed by atoms with Gasteiger partial charge in [-0.15, -0.1) is 0 Å². The Morgan fingerprint density at radius 1 is 1.38 bits per heavy atom. The standard InChI is InChI=1S/C10H9BrO2/c1-2-3-10(12)13-9-6-4-8(11)5-7-9/h2-7H,1H3/b3-2+. The fourth-order valence-electron chi connectivity index (χ4n) is 0.789. The van der Waals surface area contributed by atoms with E-state index in [1.165, 1.54) is 6.08 Å². The molecule has 0 saturated carbocycles. The lowest BCUT2D eigenvalue weighted by molar-refractivity contribution is -0.128. The van der Waals surface area contributed by atoms with Crippen LogP contribution >= 0.6 is 15.9 Å². The second-order valence-electron chi connectivity index (χ2n) is 2.38. The zero-order valence-electron chi connectivity index (χ0n) is 7.16. The van der Waals surface area contributed by atoms with Gasteiger partial charge in [0.25, 0.3) is 0 Å². The number of esters is 1. The minimum atomic E-state index is -0.357. The van der Waals surface area contributed by atoms with Gasteiger partial charge in [0.2, 0.25) is 0 Å². The molecule has 0 amide bonds. The number of benzene rings is 1. The molecule has 0 heterocycles. The zero-order chi connectivity index (χ0) is 9.68. The van der Waals surface area contributed by atoms with Gasteiger partial charge in [-0.3, -0.25) is 0 Å². The summed E-state index contributed by atoms with van der Waals surface area (Å²) < 4.78 is 5.92. The summed E-state index contributed by atoms with van der Waals surface area (Å²) in [6.45, 7) is 1.77. The van der Waals surface area contributed by atoms with Crippen LogP contribution in [0.2, 0.25) is 0 Å². The second-order valence-corrected chi connectivity index (χ2v) is 3.29. The number of carbonyl (C=O) groups excluding carboxylic acids is 1. The molecule has 1 rings (SSSR count). The Morgan fingerprint density at radius 3 is 2.54 bits per heavy atom. The number of allylic oxidation sites excluding steroid dienone is 1. The molecule has 2 nitrogen and oxygen atoms in total. The van der Waals surface area contributed by atoms with Crippen molar-refractivity contribution in [2.45, 2.75) is 6.92 Å². The van der Waals surface area contributed by atoms with Gasteiger partial charge in [-0.05, 0) is 31.2 Å². The lowest BCUT2D eigenvalue weighted by Gasteiger charge is -1.99. The summed E-state index contributed by atoms with van der Waals surface area (Å²) in [5, 5.41) is 0. The largest absolute Gasteiger partial charge is 0.423 e. The minimum Gasteiger partial charge on any atom is -0.423 e. The fraction of sp³-hybridized carbons (Fsp3) is 0.100. The number of carbonyl (C=O) groups is 1. The maximum absolute atomic E-state index is 11.0. The maximum atomic E-state index is 11.0. The molecule has 68 valence electrons. The Morgan fingerprint density at radius 2 is 2.00 bits per heavy atom. The molecule has 0 saturated heterocycles. The average molecular weight is 241 g/mol. The number of rotatable bonds is 2. The van der Waals surface area contributed by atoms with Crippen LogP contribution in [0.5, 0.6) is 5.75 Å². The van der Waals surface area contributed by atoms with Gasteiger partial charge in [-0.25, -0.2) is 4.79 Å². The highest BCUT2D eigenvalue weighted by molar-refractivity contribution is 9.10. The summed E-state index contributed by atoms with van der Waals surface area (Å²) in [5.41, 5.74) is 0. The Bertz CT molecular complexity index is 314. The zero-order valence-corrected chi connectivity index (χ0v) is 8.74. The van der Waals surface area contributed by atoms with Gasteiger partial charge in [0.05, 0.1) is 0 Å². The van der Waals surface area contributed by atoms with Crippen molar-refractivity contribution < 1.29 is 9.53 Å². The normalized spacial score (nSPS) is 10.3. The van der Waals surface area contributed by atoms with Crippen LogP contribution in [0.1, 0.15) is 6.92 Å². The Balaban J connectivity index is 2.64. The van der Waals surface area contributed by atoms with Crippen LogP contribution in [0.3, 0.4) is 0 Å². The molecule has 0 radical (unpaired) electrons. The SMILES string of the molecule is C/C=C/C(=O)Oc1ccc(Br)cc1. The van der Waals surface area contributed by atoms with E-state index >= 15 is 0 Å². The summed E-state index contributed by atoms with van der Waals surface area (Å²) in [6.07, 6.45) is 3.02. The molecule has 0 aliphatic carbocycles. The van der Waals surface area contributed by atoms with Crippen molar-refractivity contribution in [2.75, 3.05) is 0 Å². The van der Waals surface area contributed by atoms with Gasteiger partial charge in [-0.1, -0.05) is 22.0 Å². The summed E-state index contributed by atoms with van der Waals surface area (Å²) in [4.78, 5) is 11.0. The molecule has 0 bridgehead atoms. The first-order valence-electron chi connectivity index (χ1n) is 3.82. The molecule has 0 aliphatic rings. The van der Waals surface area contributed by atoms with Crippen molar-refractivity contribution in [3.63, 3.8) is 0 Å². The molecule has 0 aliphatic heterocycles. The quantitative estimate of drug-likeness (QED) is 0.452. The fourth-order valence-corrected chi connectivity index (χ4v) is 1.05. The number of hydrogen-bond acceptors (Lipinski definition) is 2. The molecule has 1 aromatic carbocycles. The van der Waals surface area contributed by atoms with E-state index in [0.29, 0.717) is 5.75 Å². The van der Waals surface area contributed by atoms with Gasteiger partial charge >= 0.3 is 5.97 Å². The molecule has 0 spiro atoms. The molecule has 1 aromatic rings. The molecule has 0 unspecified atom stereocenters. The molecule has 0 aromatic heterocycles. The van der Waals surface area contributed by atoms with Crippen LogP contribution in [0.4, 0.5) is 0 Å². The predicted octanol–water partition coefficient (Wildman–Crippen LogP) is 2.93. The molecule has 13 heavy (non-hydrogen) atoms. The highest BCUT2D eigenvalue weighted by atomic mass is 79.9. The average Bonchev–Trinajstić information content (AvgIpc) is 2.09. The smallest absolute Gasteiger partial charge is 0.335 e. The maximum Gasteiger partial charge on any atom is 0.335 e. The second kappa shape index (κ2) is 4.82. The van der Waals surface area contributed by atoms with Crippen molar-refractivity contribution in [1.82, 2.24) is 0 Å². The van der Waals surface area contributed by atoms with Gasteiger partial charge < -0.3 is 4.74 Å². The van der Waals surface area contributed by atoms with E-state index in [1.54, 1.807) is 25.1 Å². The van der Waals surface area contributed by atoms with Crippen LogP contribution in [-0.2, 0) is 4.79 Å². The summed E-state index contributed by atoms with van der Waals surface area (Å²) >= 11 is 3.29. The Kier molecular flexibility index (Phi) is 3.71. The lowest BCUT2D eigenvalue weighted by Crippen LogP contribution is -2.02. The number of hydrogen-bond donors (Lipinski definition) is 0. The van der Waals surface area contributed by atoms with Gasteiger partial charge in [0, 0.05) is 10.5 Å². The van der Waals surface area contributed by atoms with Crippen molar-refractivity contribution >= 4 is 21.9 Å². The topological polar surface area (TPSA) is 26.3 Å². The van der Waals surface area contributed by atoms with E-state index in [2.05, 4.69) is 15.9 Å². The van der Waals surface area contributed by atoms with E-state index in [-0.39, 0.29) is 5.97 Å². The Hall–Kier alpha value is -1.09. The molecular formula is C10H9BrO2. The monoisotopic (exact) mass is 240 g/mol. The van der Waals surface area contributed by atoms with E-state index < -0.39 is 0 Å². The summed E-state index contributed by atoms with van der Waals surface area (Å²) in [7, 11) is 0. The van der Waals surface area contributed by atoms with E-state index in [0.717, 1.165) is 4.47 Å². The van der Waals surface area contributed by atoms with Gasteiger partial charge in [0.15, 0.2) is 0 Å². The van der Waals surface area contributed by atoms with E-state index in [1.807, 2.05) is 12.1 Å². The van der Waals surface area contributed by atoms with Crippen LogP contribution in [0.15, 0.2) is 40.9 Å². The third-order valence-corrected chi connectivity index (χ3v) is 1.86. The number of halogens is 1. The van der Waals surface area contributed by atoms with E-state index in [9.17, 15) is 4.79 Å². The first-order chi connectivity index (χ1) is 6.22. The molecule has 0 fully saturated rings. The third-order valence-electron chi connectivity index (χ3n) is 1.33. The lowest BCUT2D eigenvalue weighted by atomic mass is 10.3. The van der Waals surface area contributed by atoms with Crippen LogP contribution in [0.25, 0.3) is 0 Å². The summed E-state index contributed by atoms with van der Waals surface area (Å²) in [6, 6.07) is 7.09. The highest BCUT2D eigenvalue weighted by Gasteiger charge is 1.98. The van der Waals surface area contributed by atoms with Crippen LogP contribution in [0, 0.1) is 0 Å². The van der Waals surface area contributed by atoms with Gasteiger partial charge in [0.1, 0.15) is 5.75 Å². The van der Waals surface area contributed by atoms with Crippen molar-refractivity contribution in [3.05, 3.63) is 40.9 Å². The minimum absolute atomic E-state index is 0.357. The number of ether oxygens (including phenoxy) is 1. The Labute approximate surface area is 85.3 Å². The molecule has 0 atom stereocenters. The molecular weight excluding hydrogens is 232 g/mol. The first kappa shape index (κ1) is 9.99. The van der Waals surface area contributed by atoms with Crippen molar-refractivity contribution in [3.8, 4) is 5.75 Å². The van der Waals surface area contributed by atoms with Gasteiger partial charge in [-0.2, -0.15) is 0 Å². The first-order valence-corrected chi connectivity index (χ1v) is 4.62. The molecule has 0 N–H and O–H groups in total. The van der Waals surface area contributed by atoms with Crippen molar-refractivity contribution in [2.24, 2.45) is 0 Å². The third kappa shape index (κ3) is 3.42. The predicted molar refractivity (Wildman–Crippen MR) is 54.6 cm³/mol. The van der Waals surface area contributed by atoms with Crippen molar-refractivity contribution in [1.29, 1.82) is 0 Å². The van der Waals surface area contributed by atoms with E-state index in [4.69, 9.17) is 4.74 Å².